The summed E-state index contributed by atoms with van der Waals surface area (Å²) in [4.78, 5) is 3.50. The Labute approximate surface area is 189 Å². The molecule has 2 heterocycles. The van der Waals surface area contributed by atoms with Gasteiger partial charge in [0.25, 0.3) is 0 Å². The molecule has 8 heteroatoms. The fourth-order valence-electron chi connectivity index (χ4n) is 4.51. The van der Waals surface area contributed by atoms with Crippen LogP contribution in [-0.2, 0) is 22.6 Å². The van der Waals surface area contributed by atoms with Crippen LogP contribution >= 0.6 is 0 Å². The van der Waals surface area contributed by atoms with E-state index in [0.717, 1.165) is 34.2 Å². The molecule has 4 nitrogen and oxygen atoms in total. The number of hydrogen-bond donors (Lipinski definition) is 1. The molecule has 0 saturated heterocycles. The predicted octanol–water partition coefficient (Wildman–Crippen LogP) is 5.83. The number of para-hydroxylation sites is 1. The highest BCUT2D eigenvalue weighted by molar-refractivity contribution is 7.89. The lowest BCUT2D eigenvalue weighted by molar-refractivity contribution is -0.137. The number of benzene rings is 3. The first-order valence-corrected chi connectivity index (χ1v) is 12.0. The highest BCUT2D eigenvalue weighted by Gasteiger charge is 2.39. The summed E-state index contributed by atoms with van der Waals surface area (Å²) >= 11 is 0. The van der Waals surface area contributed by atoms with Gasteiger partial charge in [-0.05, 0) is 54.8 Å². The average molecular weight is 471 g/mol. The number of nitrogens with zero attached hydrogens (tertiary/aromatic N) is 1. The molecule has 1 aromatic heterocycles. The van der Waals surface area contributed by atoms with E-state index in [1.165, 1.54) is 16.4 Å². The molecule has 0 bridgehead atoms. The van der Waals surface area contributed by atoms with Crippen LogP contribution in [0.3, 0.4) is 0 Å². The number of aromatic amines is 1. The molecule has 5 rings (SSSR count). The van der Waals surface area contributed by atoms with Gasteiger partial charge in [-0.2, -0.15) is 17.5 Å². The molecule has 1 N–H and O–H groups in total. The van der Waals surface area contributed by atoms with Gasteiger partial charge in [0.05, 0.1) is 16.5 Å². The van der Waals surface area contributed by atoms with Gasteiger partial charge in [0, 0.05) is 23.1 Å². The molecule has 170 valence electrons. The van der Waals surface area contributed by atoms with Crippen molar-refractivity contribution in [2.45, 2.75) is 30.5 Å². The van der Waals surface area contributed by atoms with E-state index in [0.29, 0.717) is 17.7 Å². The van der Waals surface area contributed by atoms with E-state index in [1.807, 2.05) is 31.2 Å². The van der Waals surface area contributed by atoms with Crippen LogP contribution in [0.15, 0.2) is 77.7 Å². The van der Waals surface area contributed by atoms with Gasteiger partial charge in [-0.1, -0.05) is 48.0 Å². The summed E-state index contributed by atoms with van der Waals surface area (Å²) in [5.74, 6) is 0. The minimum Gasteiger partial charge on any atom is -0.357 e. The van der Waals surface area contributed by atoms with Crippen LogP contribution in [0.4, 0.5) is 13.2 Å². The zero-order valence-electron chi connectivity index (χ0n) is 17.7. The first kappa shape index (κ1) is 21.7. The van der Waals surface area contributed by atoms with Crippen molar-refractivity contribution in [2.24, 2.45) is 0 Å². The van der Waals surface area contributed by atoms with Crippen LogP contribution in [0, 0.1) is 6.92 Å². The average Bonchev–Trinajstić information content (AvgIpc) is 3.17. The first-order valence-electron chi connectivity index (χ1n) is 10.5. The Morgan fingerprint density at radius 3 is 2.27 bits per heavy atom. The summed E-state index contributed by atoms with van der Waals surface area (Å²) in [6.45, 7) is 2.09. The fraction of sp³-hybridized carbons (Fsp3) is 0.200. The summed E-state index contributed by atoms with van der Waals surface area (Å²) < 4.78 is 68.2. The van der Waals surface area contributed by atoms with Gasteiger partial charge in [0.15, 0.2) is 0 Å². The minimum absolute atomic E-state index is 0.157. The van der Waals surface area contributed by atoms with Crippen LogP contribution in [0.1, 0.15) is 34.0 Å². The molecule has 3 aromatic carbocycles. The maximum absolute atomic E-state index is 13.7. The Bertz CT molecular complexity index is 1420. The molecule has 0 spiro atoms. The van der Waals surface area contributed by atoms with E-state index in [-0.39, 0.29) is 11.4 Å². The van der Waals surface area contributed by atoms with Crippen LogP contribution in [0.2, 0.25) is 0 Å². The van der Waals surface area contributed by atoms with Crippen molar-refractivity contribution >= 4 is 20.9 Å². The minimum atomic E-state index is -4.47. The van der Waals surface area contributed by atoms with Crippen molar-refractivity contribution in [2.75, 3.05) is 6.54 Å². The second-order valence-corrected chi connectivity index (χ2v) is 10.2. The number of H-pyrrole nitrogens is 1. The Balaban J connectivity index is 1.68. The Kier molecular flexibility index (Phi) is 5.10. The van der Waals surface area contributed by atoms with E-state index in [2.05, 4.69) is 4.98 Å². The normalized spacial score (nSPS) is 17.3. The molecule has 0 aliphatic carbocycles. The molecule has 1 atom stereocenters. The molecular weight excluding hydrogens is 449 g/mol. The van der Waals surface area contributed by atoms with Crippen molar-refractivity contribution in [3.05, 3.63) is 101 Å². The van der Waals surface area contributed by atoms with Gasteiger partial charge in [-0.25, -0.2) is 8.42 Å². The standard InChI is InChI=1S/C25H21F3N2O2S/c1-16-6-12-19(13-7-16)33(31,32)30-15-14-21-20-4-2-3-5-22(20)29-23(21)24(30)17-8-10-18(11-9-17)25(26,27)28/h2-13,24,29H,14-15H2,1H3. The molecule has 0 radical (unpaired) electrons. The molecule has 33 heavy (non-hydrogen) atoms. The lowest BCUT2D eigenvalue weighted by Gasteiger charge is -2.35. The van der Waals surface area contributed by atoms with Crippen molar-refractivity contribution < 1.29 is 21.6 Å². The van der Waals surface area contributed by atoms with Gasteiger partial charge in [0.1, 0.15) is 0 Å². The monoisotopic (exact) mass is 470 g/mol. The fourth-order valence-corrected chi connectivity index (χ4v) is 6.10. The molecule has 0 fully saturated rings. The van der Waals surface area contributed by atoms with Crippen molar-refractivity contribution in [3.8, 4) is 0 Å². The van der Waals surface area contributed by atoms with Gasteiger partial charge < -0.3 is 4.98 Å². The van der Waals surface area contributed by atoms with E-state index in [1.54, 1.807) is 24.3 Å². The van der Waals surface area contributed by atoms with E-state index >= 15 is 0 Å². The molecular formula is C25H21F3N2O2S. The molecule has 4 aromatic rings. The summed E-state index contributed by atoms with van der Waals surface area (Å²) in [5.41, 5.74) is 3.19. The number of halogens is 3. The SMILES string of the molecule is Cc1ccc(S(=O)(=O)N2CCc3c([nH]c4ccccc34)C2c2ccc(C(F)(F)F)cc2)cc1. The van der Waals surface area contributed by atoms with Gasteiger partial charge >= 0.3 is 6.18 Å². The third-order valence-corrected chi connectivity index (χ3v) is 8.05. The van der Waals surface area contributed by atoms with Crippen molar-refractivity contribution in [3.63, 3.8) is 0 Å². The zero-order chi connectivity index (χ0) is 23.4. The summed E-state index contributed by atoms with van der Waals surface area (Å²) in [6, 6.07) is 18.3. The highest BCUT2D eigenvalue weighted by atomic mass is 32.2. The van der Waals surface area contributed by atoms with Crippen molar-refractivity contribution in [1.29, 1.82) is 0 Å². The Morgan fingerprint density at radius 1 is 0.939 bits per heavy atom. The van der Waals surface area contributed by atoms with Crippen LogP contribution < -0.4 is 0 Å². The smallest absolute Gasteiger partial charge is 0.357 e. The topological polar surface area (TPSA) is 53.2 Å². The van der Waals surface area contributed by atoms with E-state index in [4.69, 9.17) is 0 Å². The molecule has 1 aliphatic rings. The highest BCUT2D eigenvalue weighted by Crippen LogP contribution is 2.41. The predicted molar refractivity (Wildman–Crippen MR) is 120 cm³/mol. The lowest BCUT2D eigenvalue weighted by Crippen LogP contribution is -2.40. The van der Waals surface area contributed by atoms with Gasteiger partial charge in [-0.3, -0.25) is 0 Å². The lowest BCUT2D eigenvalue weighted by atomic mass is 9.94. The van der Waals surface area contributed by atoms with Crippen LogP contribution in [-0.4, -0.2) is 24.3 Å². The number of fused-ring (bicyclic) bond motifs is 3. The number of sulfonamides is 1. The summed E-state index contributed by atoms with van der Waals surface area (Å²) in [7, 11) is -3.90. The number of alkyl halides is 3. The van der Waals surface area contributed by atoms with Crippen LogP contribution in [0.5, 0.6) is 0 Å². The Morgan fingerprint density at radius 2 is 1.61 bits per heavy atom. The molecule has 0 amide bonds. The number of nitrogens with one attached hydrogen (secondary N) is 1. The van der Waals surface area contributed by atoms with Gasteiger partial charge in [0.2, 0.25) is 10.0 Å². The van der Waals surface area contributed by atoms with E-state index < -0.39 is 27.8 Å². The summed E-state index contributed by atoms with van der Waals surface area (Å²) in [6.07, 6.45) is -3.97. The van der Waals surface area contributed by atoms with Gasteiger partial charge in [-0.15, -0.1) is 0 Å². The first-order chi connectivity index (χ1) is 15.7. The number of aromatic nitrogens is 1. The zero-order valence-corrected chi connectivity index (χ0v) is 18.5. The third kappa shape index (κ3) is 3.73. The maximum Gasteiger partial charge on any atom is 0.416 e. The quantitative estimate of drug-likeness (QED) is 0.410. The maximum atomic E-state index is 13.7. The summed E-state index contributed by atoms with van der Waals surface area (Å²) in [5, 5.41) is 0.997. The number of aryl methyl sites for hydroxylation is 1. The second-order valence-electron chi connectivity index (χ2n) is 8.26. The molecule has 1 unspecified atom stereocenters. The number of hydrogen-bond acceptors (Lipinski definition) is 2. The third-order valence-electron chi connectivity index (χ3n) is 6.17. The molecule has 0 saturated carbocycles. The number of rotatable bonds is 3. The molecule has 1 aliphatic heterocycles. The second kappa shape index (κ2) is 7.74. The largest absolute Gasteiger partial charge is 0.416 e. The Hall–Kier alpha value is -3.10. The van der Waals surface area contributed by atoms with Crippen molar-refractivity contribution in [1.82, 2.24) is 9.29 Å². The van der Waals surface area contributed by atoms with Crippen LogP contribution in [0.25, 0.3) is 10.9 Å². The van der Waals surface area contributed by atoms with E-state index in [9.17, 15) is 21.6 Å².